The predicted octanol–water partition coefficient (Wildman–Crippen LogP) is 3.80. The molecule has 3 nitrogen and oxygen atoms in total. The molecule has 1 atom stereocenters. The maximum absolute atomic E-state index is 5.28. The maximum Gasteiger partial charge on any atom is 0.133 e. The summed E-state index contributed by atoms with van der Waals surface area (Å²) in [7, 11) is 1.69. The van der Waals surface area contributed by atoms with Crippen molar-refractivity contribution in [2.75, 3.05) is 25.2 Å². The second-order valence-electron chi connectivity index (χ2n) is 4.51. The molecule has 4 heteroatoms. The quantitative estimate of drug-likeness (QED) is 0.870. The second kappa shape index (κ2) is 6.66. The Kier molecular flexibility index (Phi) is 4.91. The van der Waals surface area contributed by atoms with Gasteiger partial charge in [0, 0.05) is 23.4 Å². The normalized spacial score (nSPS) is 12.4. The van der Waals surface area contributed by atoms with Crippen LogP contribution in [0.2, 0.25) is 0 Å². The summed E-state index contributed by atoms with van der Waals surface area (Å²) in [5, 5.41) is 6.38. The van der Waals surface area contributed by atoms with E-state index in [1.54, 1.807) is 7.11 Å². The molecule has 1 N–H and O–H groups in total. The Morgan fingerprint density at radius 1 is 1.37 bits per heavy atom. The number of anilines is 1. The van der Waals surface area contributed by atoms with Crippen LogP contribution in [0, 0.1) is 0 Å². The highest BCUT2D eigenvalue weighted by atomic mass is 32.2. The van der Waals surface area contributed by atoms with Crippen molar-refractivity contribution in [2.45, 2.75) is 18.6 Å². The first-order valence-electron chi connectivity index (χ1n) is 6.44. The molecule has 0 saturated carbocycles. The van der Waals surface area contributed by atoms with Crippen LogP contribution in [0.1, 0.15) is 13.3 Å². The number of hydrogen-bond donors (Lipinski definition) is 1. The first-order chi connectivity index (χ1) is 9.24. The Bertz CT molecular complexity index is 545. The van der Waals surface area contributed by atoms with Crippen LogP contribution in [0.3, 0.4) is 0 Å². The molecular formula is C15H20N2OS. The van der Waals surface area contributed by atoms with E-state index >= 15 is 0 Å². The van der Waals surface area contributed by atoms with Crippen molar-refractivity contribution in [1.29, 1.82) is 0 Å². The number of methoxy groups -OCH3 is 1. The van der Waals surface area contributed by atoms with Crippen LogP contribution in [0.25, 0.3) is 10.8 Å². The van der Waals surface area contributed by atoms with Crippen LogP contribution in [-0.4, -0.2) is 30.1 Å². The standard InChI is InChI=1S/C15H20N2OS/c1-11(19-3)6-8-16-15-14-10-13(18-2)5-4-12(14)7-9-17-15/h4-5,7,9-11H,6,8H2,1-3H3,(H,16,17). The van der Waals surface area contributed by atoms with Gasteiger partial charge in [0.05, 0.1) is 7.11 Å². The number of rotatable bonds is 6. The Hall–Kier alpha value is -1.42. The Labute approximate surface area is 118 Å². The SMILES string of the molecule is COc1ccc2ccnc(NCCC(C)SC)c2c1. The minimum atomic E-state index is 0.664. The average Bonchev–Trinajstić information content (AvgIpc) is 2.46. The minimum Gasteiger partial charge on any atom is -0.497 e. The van der Waals surface area contributed by atoms with Crippen LogP contribution < -0.4 is 10.1 Å². The minimum absolute atomic E-state index is 0.664. The van der Waals surface area contributed by atoms with Gasteiger partial charge in [0.1, 0.15) is 11.6 Å². The van der Waals surface area contributed by atoms with E-state index in [1.807, 2.05) is 36.2 Å². The summed E-state index contributed by atoms with van der Waals surface area (Å²) >= 11 is 1.89. The number of ether oxygens (including phenoxy) is 1. The Balaban J connectivity index is 2.17. The molecule has 2 rings (SSSR count). The van der Waals surface area contributed by atoms with E-state index in [1.165, 1.54) is 5.39 Å². The fourth-order valence-corrected chi connectivity index (χ4v) is 2.28. The molecule has 102 valence electrons. The lowest BCUT2D eigenvalue weighted by molar-refractivity contribution is 0.415. The molecule has 0 aliphatic rings. The number of benzene rings is 1. The molecule has 0 amide bonds. The van der Waals surface area contributed by atoms with Crippen LogP contribution in [0.5, 0.6) is 5.75 Å². The number of nitrogens with one attached hydrogen (secondary N) is 1. The smallest absolute Gasteiger partial charge is 0.133 e. The van der Waals surface area contributed by atoms with Crippen molar-refractivity contribution < 1.29 is 4.74 Å². The van der Waals surface area contributed by atoms with Gasteiger partial charge in [-0.1, -0.05) is 13.0 Å². The maximum atomic E-state index is 5.28. The zero-order valence-corrected chi connectivity index (χ0v) is 12.5. The number of thioether (sulfide) groups is 1. The number of fused-ring (bicyclic) bond motifs is 1. The molecule has 1 unspecified atom stereocenters. The van der Waals surface area contributed by atoms with Gasteiger partial charge in [-0.25, -0.2) is 4.98 Å². The van der Waals surface area contributed by atoms with Gasteiger partial charge in [0.25, 0.3) is 0 Å². The largest absolute Gasteiger partial charge is 0.497 e. The monoisotopic (exact) mass is 276 g/mol. The topological polar surface area (TPSA) is 34.1 Å². The average molecular weight is 276 g/mol. The van der Waals surface area contributed by atoms with Gasteiger partial charge in [0.2, 0.25) is 0 Å². The van der Waals surface area contributed by atoms with Crippen LogP contribution in [0.4, 0.5) is 5.82 Å². The molecule has 0 saturated heterocycles. The highest BCUT2D eigenvalue weighted by Crippen LogP contribution is 2.25. The first kappa shape index (κ1) is 14.0. The van der Waals surface area contributed by atoms with Gasteiger partial charge in [0.15, 0.2) is 0 Å². The highest BCUT2D eigenvalue weighted by molar-refractivity contribution is 7.99. The molecule has 1 aromatic carbocycles. The predicted molar refractivity (Wildman–Crippen MR) is 84.4 cm³/mol. The van der Waals surface area contributed by atoms with Gasteiger partial charge in [-0.15, -0.1) is 0 Å². The third-order valence-electron chi connectivity index (χ3n) is 3.22. The third-order valence-corrected chi connectivity index (χ3v) is 4.26. The van der Waals surface area contributed by atoms with Crippen molar-refractivity contribution in [1.82, 2.24) is 4.98 Å². The zero-order chi connectivity index (χ0) is 13.7. The van der Waals surface area contributed by atoms with E-state index < -0.39 is 0 Å². The summed E-state index contributed by atoms with van der Waals surface area (Å²) in [6.07, 6.45) is 5.12. The van der Waals surface area contributed by atoms with Gasteiger partial charge in [-0.2, -0.15) is 11.8 Å². The first-order valence-corrected chi connectivity index (χ1v) is 7.73. The fraction of sp³-hybridized carbons (Fsp3) is 0.400. The highest BCUT2D eigenvalue weighted by Gasteiger charge is 2.04. The van der Waals surface area contributed by atoms with E-state index in [0.29, 0.717) is 5.25 Å². The van der Waals surface area contributed by atoms with Crippen molar-refractivity contribution >= 4 is 28.4 Å². The molecule has 0 spiro atoms. The molecule has 0 fully saturated rings. The van der Waals surface area contributed by atoms with Crippen molar-refractivity contribution in [2.24, 2.45) is 0 Å². The van der Waals surface area contributed by atoms with Crippen molar-refractivity contribution in [3.8, 4) is 5.75 Å². The Morgan fingerprint density at radius 2 is 2.21 bits per heavy atom. The lowest BCUT2D eigenvalue weighted by Crippen LogP contribution is -2.09. The molecule has 0 bridgehead atoms. The molecule has 19 heavy (non-hydrogen) atoms. The van der Waals surface area contributed by atoms with Crippen LogP contribution in [-0.2, 0) is 0 Å². The molecule has 0 aliphatic carbocycles. The van der Waals surface area contributed by atoms with Gasteiger partial charge < -0.3 is 10.1 Å². The third kappa shape index (κ3) is 3.53. The molecule has 1 heterocycles. The molecule has 0 aliphatic heterocycles. The van der Waals surface area contributed by atoms with Crippen molar-refractivity contribution in [3.05, 3.63) is 30.5 Å². The second-order valence-corrected chi connectivity index (χ2v) is 5.78. The molecule has 1 aromatic heterocycles. The number of pyridine rings is 1. The summed E-state index contributed by atoms with van der Waals surface area (Å²) in [5.41, 5.74) is 0. The lowest BCUT2D eigenvalue weighted by atomic mass is 10.1. The van der Waals surface area contributed by atoms with Gasteiger partial charge in [-0.3, -0.25) is 0 Å². The molecular weight excluding hydrogens is 256 g/mol. The summed E-state index contributed by atoms with van der Waals surface area (Å²) in [6.45, 7) is 3.18. The van der Waals surface area contributed by atoms with E-state index in [9.17, 15) is 0 Å². The summed E-state index contributed by atoms with van der Waals surface area (Å²) in [6, 6.07) is 8.08. The lowest BCUT2D eigenvalue weighted by Gasteiger charge is -2.12. The van der Waals surface area contributed by atoms with E-state index in [-0.39, 0.29) is 0 Å². The van der Waals surface area contributed by atoms with Crippen LogP contribution in [0.15, 0.2) is 30.5 Å². The van der Waals surface area contributed by atoms with Crippen molar-refractivity contribution in [3.63, 3.8) is 0 Å². The summed E-state index contributed by atoms with van der Waals surface area (Å²) < 4.78 is 5.28. The number of aromatic nitrogens is 1. The zero-order valence-electron chi connectivity index (χ0n) is 11.6. The van der Waals surface area contributed by atoms with E-state index in [0.717, 1.165) is 29.9 Å². The molecule has 2 aromatic rings. The van der Waals surface area contributed by atoms with E-state index in [4.69, 9.17) is 4.74 Å². The van der Waals surface area contributed by atoms with E-state index in [2.05, 4.69) is 29.5 Å². The van der Waals surface area contributed by atoms with Crippen LogP contribution >= 0.6 is 11.8 Å². The molecule has 0 radical (unpaired) electrons. The summed E-state index contributed by atoms with van der Waals surface area (Å²) in [4.78, 5) is 4.43. The number of hydrogen-bond acceptors (Lipinski definition) is 4. The number of nitrogens with zero attached hydrogens (tertiary/aromatic N) is 1. The summed E-state index contributed by atoms with van der Waals surface area (Å²) in [5.74, 6) is 1.80. The Morgan fingerprint density at radius 3 is 2.95 bits per heavy atom. The fourth-order valence-electron chi connectivity index (χ4n) is 1.93. The van der Waals surface area contributed by atoms with Gasteiger partial charge >= 0.3 is 0 Å². The van der Waals surface area contributed by atoms with Gasteiger partial charge in [-0.05, 0) is 36.3 Å².